The fourth-order valence-corrected chi connectivity index (χ4v) is 1.63. The van der Waals surface area contributed by atoms with E-state index in [1.165, 1.54) is 0 Å². The van der Waals surface area contributed by atoms with Crippen LogP contribution in [0.2, 0.25) is 5.02 Å². The highest BCUT2D eigenvalue weighted by atomic mass is 35.5. The van der Waals surface area contributed by atoms with Crippen LogP contribution in [0, 0.1) is 0 Å². The molecule has 1 amide bonds. The zero-order chi connectivity index (χ0) is 17.3. The highest BCUT2D eigenvalue weighted by Crippen LogP contribution is 2.21. The highest BCUT2D eigenvalue weighted by Gasteiger charge is 2.17. The third-order valence-corrected chi connectivity index (χ3v) is 2.31. The lowest BCUT2D eigenvalue weighted by Gasteiger charge is -2.20. The summed E-state index contributed by atoms with van der Waals surface area (Å²) in [4.78, 5) is 20.7. The summed E-state index contributed by atoms with van der Waals surface area (Å²) in [7, 11) is 1.83. The van der Waals surface area contributed by atoms with Gasteiger partial charge in [0.15, 0.2) is 0 Å². The molecule has 6 nitrogen and oxygen atoms in total. The van der Waals surface area contributed by atoms with Crippen molar-refractivity contribution in [1.82, 2.24) is 5.32 Å². The molecule has 0 aliphatic carbocycles. The molecule has 22 heavy (non-hydrogen) atoms. The molecule has 0 aromatic heterocycles. The SMILES string of the molecule is CC(=O)O.CNCc1cc(Cl)ccc1NC(=O)OC(C)(C)C. The van der Waals surface area contributed by atoms with Crippen molar-refractivity contribution < 1.29 is 19.4 Å². The third-order valence-electron chi connectivity index (χ3n) is 2.07. The van der Waals surface area contributed by atoms with E-state index in [1.807, 2.05) is 33.9 Å². The van der Waals surface area contributed by atoms with Crippen LogP contribution >= 0.6 is 11.6 Å². The Bertz CT molecular complexity index is 509. The lowest BCUT2D eigenvalue weighted by Crippen LogP contribution is -2.27. The van der Waals surface area contributed by atoms with Gasteiger partial charge >= 0.3 is 6.09 Å². The van der Waals surface area contributed by atoms with Gasteiger partial charge in [-0.05, 0) is 51.6 Å². The van der Waals surface area contributed by atoms with Crippen LogP contribution in [0.1, 0.15) is 33.3 Å². The maximum absolute atomic E-state index is 11.7. The van der Waals surface area contributed by atoms with Gasteiger partial charge in [0.25, 0.3) is 5.97 Å². The first-order chi connectivity index (χ1) is 10.0. The second-order valence-electron chi connectivity index (χ2n) is 5.48. The Kier molecular flexibility index (Phi) is 8.52. The smallest absolute Gasteiger partial charge is 0.412 e. The lowest BCUT2D eigenvalue weighted by atomic mass is 10.1. The number of carboxylic acid groups (broad SMARTS) is 1. The van der Waals surface area contributed by atoms with Crippen LogP contribution in [0.3, 0.4) is 0 Å². The Hall–Kier alpha value is -1.79. The molecule has 0 radical (unpaired) electrons. The summed E-state index contributed by atoms with van der Waals surface area (Å²) in [6, 6.07) is 5.30. The first-order valence-electron chi connectivity index (χ1n) is 6.67. The number of hydrogen-bond donors (Lipinski definition) is 3. The summed E-state index contributed by atoms with van der Waals surface area (Å²) >= 11 is 5.92. The minimum Gasteiger partial charge on any atom is -0.481 e. The van der Waals surface area contributed by atoms with Crippen LogP contribution in [0.5, 0.6) is 0 Å². The molecule has 0 saturated carbocycles. The molecule has 0 fully saturated rings. The van der Waals surface area contributed by atoms with Crippen LogP contribution in [-0.4, -0.2) is 29.8 Å². The summed E-state index contributed by atoms with van der Waals surface area (Å²) in [5.74, 6) is -0.833. The number of amides is 1. The summed E-state index contributed by atoms with van der Waals surface area (Å²) in [6.45, 7) is 7.17. The summed E-state index contributed by atoms with van der Waals surface area (Å²) < 4.78 is 5.20. The molecule has 3 N–H and O–H groups in total. The molecule has 0 heterocycles. The number of aliphatic carboxylic acids is 1. The highest BCUT2D eigenvalue weighted by molar-refractivity contribution is 6.30. The average molecular weight is 331 g/mol. The van der Waals surface area contributed by atoms with E-state index in [1.54, 1.807) is 12.1 Å². The summed E-state index contributed by atoms with van der Waals surface area (Å²) in [5.41, 5.74) is 1.10. The fraction of sp³-hybridized carbons (Fsp3) is 0.467. The third kappa shape index (κ3) is 10.0. The van der Waals surface area contributed by atoms with E-state index < -0.39 is 17.7 Å². The van der Waals surface area contributed by atoms with Crippen molar-refractivity contribution in [3.05, 3.63) is 28.8 Å². The van der Waals surface area contributed by atoms with Gasteiger partial charge in [-0.2, -0.15) is 0 Å². The first-order valence-corrected chi connectivity index (χ1v) is 7.05. The van der Waals surface area contributed by atoms with Crippen molar-refractivity contribution in [2.45, 2.75) is 39.8 Å². The molecule has 1 aromatic rings. The number of anilines is 1. The molecule has 0 aliphatic heterocycles. The van der Waals surface area contributed by atoms with Gasteiger partial charge in [0.2, 0.25) is 0 Å². The van der Waals surface area contributed by atoms with Crippen LogP contribution in [0.4, 0.5) is 10.5 Å². The minimum atomic E-state index is -0.833. The van der Waals surface area contributed by atoms with Gasteiger partial charge in [-0.25, -0.2) is 4.79 Å². The summed E-state index contributed by atoms with van der Waals surface area (Å²) in [6.07, 6.45) is -0.470. The van der Waals surface area contributed by atoms with E-state index in [0.717, 1.165) is 12.5 Å². The maximum Gasteiger partial charge on any atom is 0.412 e. The van der Waals surface area contributed by atoms with E-state index in [4.69, 9.17) is 26.2 Å². The molecule has 0 aliphatic rings. The number of carbonyl (C=O) groups is 2. The van der Waals surface area contributed by atoms with Gasteiger partial charge in [-0.1, -0.05) is 11.6 Å². The van der Waals surface area contributed by atoms with E-state index in [0.29, 0.717) is 17.3 Å². The maximum atomic E-state index is 11.7. The molecule has 1 rings (SSSR count). The Labute approximate surface area is 135 Å². The molecule has 0 unspecified atom stereocenters. The molecular weight excluding hydrogens is 308 g/mol. The predicted molar refractivity (Wildman–Crippen MR) is 87.4 cm³/mol. The van der Waals surface area contributed by atoms with Crippen molar-refractivity contribution in [2.75, 3.05) is 12.4 Å². The van der Waals surface area contributed by atoms with E-state index >= 15 is 0 Å². The van der Waals surface area contributed by atoms with E-state index in [-0.39, 0.29) is 0 Å². The average Bonchev–Trinajstić information content (AvgIpc) is 2.30. The monoisotopic (exact) mass is 330 g/mol. The van der Waals surface area contributed by atoms with Gasteiger partial charge in [0, 0.05) is 24.2 Å². The molecule has 124 valence electrons. The topological polar surface area (TPSA) is 87.7 Å². The molecule has 0 atom stereocenters. The normalized spacial score (nSPS) is 10.3. The number of benzene rings is 1. The van der Waals surface area contributed by atoms with Gasteiger partial charge in [0.05, 0.1) is 0 Å². The quantitative estimate of drug-likeness (QED) is 0.789. The van der Waals surface area contributed by atoms with E-state index in [9.17, 15) is 4.79 Å². The molecule has 0 saturated heterocycles. The van der Waals surface area contributed by atoms with Crippen molar-refractivity contribution in [1.29, 1.82) is 0 Å². The zero-order valence-corrected chi connectivity index (χ0v) is 14.2. The zero-order valence-electron chi connectivity index (χ0n) is 13.5. The number of ether oxygens (including phenoxy) is 1. The van der Waals surface area contributed by atoms with Gasteiger partial charge < -0.3 is 15.2 Å². The van der Waals surface area contributed by atoms with Crippen molar-refractivity contribution >= 4 is 29.4 Å². The summed E-state index contributed by atoms with van der Waals surface area (Å²) in [5, 5.41) is 13.8. The first kappa shape index (κ1) is 20.2. The number of halogens is 1. The molecule has 0 spiro atoms. The predicted octanol–water partition coefficient (Wildman–Crippen LogP) is 3.50. The lowest BCUT2D eigenvalue weighted by molar-refractivity contribution is -0.134. The van der Waals surface area contributed by atoms with Gasteiger partial charge in [-0.15, -0.1) is 0 Å². The largest absolute Gasteiger partial charge is 0.481 e. The van der Waals surface area contributed by atoms with Gasteiger partial charge in [0.1, 0.15) is 5.60 Å². The molecule has 1 aromatic carbocycles. The second kappa shape index (κ2) is 9.27. The van der Waals surface area contributed by atoms with Crippen LogP contribution in [-0.2, 0) is 16.1 Å². The van der Waals surface area contributed by atoms with Crippen LogP contribution in [0.25, 0.3) is 0 Å². The Morgan fingerprint density at radius 2 is 1.86 bits per heavy atom. The van der Waals surface area contributed by atoms with Crippen molar-refractivity contribution in [3.8, 4) is 0 Å². The van der Waals surface area contributed by atoms with E-state index in [2.05, 4.69) is 10.6 Å². The van der Waals surface area contributed by atoms with Crippen molar-refractivity contribution in [2.24, 2.45) is 0 Å². The molecule has 0 bridgehead atoms. The van der Waals surface area contributed by atoms with Crippen LogP contribution in [0.15, 0.2) is 18.2 Å². The Morgan fingerprint density at radius 3 is 2.32 bits per heavy atom. The minimum absolute atomic E-state index is 0.470. The van der Waals surface area contributed by atoms with Crippen LogP contribution < -0.4 is 10.6 Å². The number of carboxylic acids is 1. The second-order valence-corrected chi connectivity index (χ2v) is 5.91. The number of rotatable bonds is 3. The van der Waals surface area contributed by atoms with Gasteiger partial charge in [-0.3, -0.25) is 10.1 Å². The van der Waals surface area contributed by atoms with Crippen molar-refractivity contribution in [3.63, 3.8) is 0 Å². The fourth-order valence-electron chi connectivity index (χ4n) is 1.43. The number of hydrogen-bond acceptors (Lipinski definition) is 4. The Morgan fingerprint density at radius 1 is 1.32 bits per heavy atom. The number of nitrogens with one attached hydrogen (secondary N) is 2. The standard InChI is InChI=1S/C13H19ClN2O2.C2H4O2/c1-13(2,3)18-12(17)16-11-6-5-10(14)7-9(11)8-15-4;1-2(3)4/h5-7,15H,8H2,1-4H3,(H,16,17);1H3,(H,3,4). The Balaban J connectivity index is 0.000000980. The molecular formula is C15H23ClN2O4. The number of carbonyl (C=O) groups excluding carboxylic acids is 1. The molecule has 7 heteroatoms.